The van der Waals surface area contributed by atoms with Gasteiger partial charge in [0.2, 0.25) is 0 Å². The Morgan fingerprint density at radius 3 is 2.16 bits per heavy atom. The van der Waals surface area contributed by atoms with Crippen LogP contribution >= 0.6 is 0 Å². The van der Waals surface area contributed by atoms with Crippen LogP contribution < -0.4 is 0 Å². The van der Waals surface area contributed by atoms with Crippen LogP contribution in [-0.4, -0.2) is 22.9 Å². The van der Waals surface area contributed by atoms with Gasteiger partial charge in [-0.3, -0.25) is 4.79 Å². The molecule has 1 aromatic carbocycles. The number of amides is 1. The maximum atomic E-state index is 13.6. The highest BCUT2D eigenvalue weighted by atomic mass is 19.1. The predicted octanol–water partition coefficient (Wildman–Crippen LogP) is 4.17. The Kier molecular flexibility index (Phi) is 5.52. The summed E-state index contributed by atoms with van der Waals surface area (Å²) in [5.74, 6) is -0.401. The Morgan fingerprint density at radius 1 is 1.21 bits per heavy atom. The molecule has 1 rings (SSSR count). The minimum atomic E-state index is -0.320. The van der Waals surface area contributed by atoms with E-state index in [0.29, 0.717) is 11.1 Å². The summed E-state index contributed by atoms with van der Waals surface area (Å²) >= 11 is 0. The first-order chi connectivity index (χ1) is 8.92. The molecule has 0 N–H and O–H groups in total. The molecule has 0 bridgehead atoms. The van der Waals surface area contributed by atoms with Crippen molar-refractivity contribution in [3.63, 3.8) is 0 Å². The van der Waals surface area contributed by atoms with Crippen LogP contribution in [0, 0.1) is 12.7 Å². The second-order valence-electron chi connectivity index (χ2n) is 5.19. The fourth-order valence-electron chi connectivity index (χ4n) is 2.10. The Hall–Kier alpha value is -1.38. The normalized spacial score (nSPS) is 14.0. The second kappa shape index (κ2) is 6.69. The van der Waals surface area contributed by atoms with E-state index in [0.717, 1.165) is 12.8 Å². The molecule has 2 atom stereocenters. The topological polar surface area (TPSA) is 20.3 Å². The zero-order chi connectivity index (χ0) is 14.6. The van der Waals surface area contributed by atoms with Gasteiger partial charge in [-0.2, -0.15) is 0 Å². The highest BCUT2D eigenvalue weighted by Crippen LogP contribution is 2.18. The summed E-state index contributed by atoms with van der Waals surface area (Å²) in [6.07, 6.45) is 1.79. The quantitative estimate of drug-likeness (QED) is 0.782. The van der Waals surface area contributed by atoms with Gasteiger partial charge in [-0.25, -0.2) is 4.39 Å². The summed E-state index contributed by atoms with van der Waals surface area (Å²) in [5, 5.41) is 0. The number of hydrogen-bond donors (Lipinski definition) is 0. The lowest BCUT2D eigenvalue weighted by Gasteiger charge is -2.34. The van der Waals surface area contributed by atoms with Gasteiger partial charge in [0.25, 0.3) is 5.91 Å². The van der Waals surface area contributed by atoms with Crippen molar-refractivity contribution in [2.24, 2.45) is 0 Å². The molecular formula is C16H24FNO. The monoisotopic (exact) mass is 265 g/mol. The van der Waals surface area contributed by atoms with E-state index in [-0.39, 0.29) is 23.8 Å². The lowest BCUT2D eigenvalue weighted by atomic mass is 10.1. The Balaban J connectivity index is 3.08. The van der Waals surface area contributed by atoms with Crippen LogP contribution in [0.2, 0.25) is 0 Å². The van der Waals surface area contributed by atoms with E-state index >= 15 is 0 Å². The molecule has 0 fully saturated rings. The average molecular weight is 265 g/mol. The third-order valence-electron chi connectivity index (χ3n) is 3.78. The van der Waals surface area contributed by atoms with E-state index in [1.807, 2.05) is 18.7 Å². The molecule has 0 heterocycles. The van der Waals surface area contributed by atoms with Crippen LogP contribution in [0.5, 0.6) is 0 Å². The molecule has 1 aromatic rings. The van der Waals surface area contributed by atoms with Crippen molar-refractivity contribution in [3.8, 4) is 0 Å². The number of carbonyl (C=O) groups excluding carboxylic acids is 1. The van der Waals surface area contributed by atoms with Gasteiger partial charge in [-0.15, -0.1) is 0 Å². The Morgan fingerprint density at radius 2 is 1.74 bits per heavy atom. The van der Waals surface area contributed by atoms with Gasteiger partial charge in [0, 0.05) is 17.6 Å². The van der Waals surface area contributed by atoms with Gasteiger partial charge in [0.1, 0.15) is 5.82 Å². The van der Waals surface area contributed by atoms with Crippen molar-refractivity contribution < 1.29 is 9.18 Å². The van der Waals surface area contributed by atoms with E-state index in [1.54, 1.807) is 19.1 Å². The standard InChI is InChI=1S/C16H24FNO/c1-6-12(4)18(13(5)7-2)16(19)14-9-8-11(3)15(17)10-14/h8-10,12-13H,6-7H2,1-5H3. The number of rotatable bonds is 5. The minimum Gasteiger partial charge on any atom is -0.333 e. The van der Waals surface area contributed by atoms with Gasteiger partial charge >= 0.3 is 0 Å². The van der Waals surface area contributed by atoms with Crippen LogP contribution in [0.3, 0.4) is 0 Å². The molecule has 0 aromatic heterocycles. The second-order valence-corrected chi connectivity index (χ2v) is 5.19. The molecule has 0 spiro atoms. The SMILES string of the molecule is CCC(C)N(C(=O)c1ccc(C)c(F)c1)C(C)CC. The largest absolute Gasteiger partial charge is 0.333 e. The van der Waals surface area contributed by atoms with Crippen molar-refractivity contribution in [1.29, 1.82) is 0 Å². The van der Waals surface area contributed by atoms with Crippen LogP contribution in [0.15, 0.2) is 18.2 Å². The molecule has 3 heteroatoms. The first kappa shape index (κ1) is 15.7. The third kappa shape index (κ3) is 3.55. The average Bonchev–Trinajstić information content (AvgIpc) is 2.41. The molecule has 0 saturated carbocycles. The summed E-state index contributed by atoms with van der Waals surface area (Å²) < 4.78 is 13.6. The molecule has 2 nitrogen and oxygen atoms in total. The smallest absolute Gasteiger partial charge is 0.254 e. The van der Waals surface area contributed by atoms with Crippen LogP contribution in [-0.2, 0) is 0 Å². The zero-order valence-corrected chi connectivity index (χ0v) is 12.5. The highest BCUT2D eigenvalue weighted by Gasteiger charge is 2.24. The van der Waals surface area contributed by atoms with Gasteiger partial charge in [0.15, 0.2) is 0 Å². The number of nitrogens with zero attached hydrogens (tertiary/aromatic N) is 1. The molecule has 2 unspecified atom stereocenters. The molecule has 0 saturated heterocycles. The summed E-state index contributed by atoms with van der Waals surface area (Å²) in [5.41, 5.74) is 0.999. The number of benzene rings is 1. The molecule has 106 valence electrons. The van der Waals surface area contributed by atoms with Crippen molar-refractivity contribution >= 4 is 5.91 Å². The Bertz CT molecular complexity index is 434. The van der Waals surface area contributed by atoms with Crippen molar-refractivity contribution in [1.82, 2.24) is 4.90 Å². The number of aryl methyl sites for hydroxylation is 1. The molecule has 0 aliphatic heterocycles. The zero-order valence-electron chi connectivity index (χ0n) is 12.5. The molecule has 19 heavy (non-hydrogen) atoms. The fourth-order valence-corrected chi connectivity index (χ4v) is 2.10. The van der Waals surface area contributed by atoms with Gasteiger partial charge in [0.05, 0.1) is 0 Å². The van der Waals surface area contributed by atoms with E-state index in [1.165, 1.54) is 6.07 Å². The maximum Gasteiger partial charge on any atom is 0.254 e. The minimum absolute atomic E-state index is 0.0809. The number of hydrogen-bond acceptors (Lipinski definition) is 1. The molecule has 0 aliphatic rings. The maximum absolute atomic E-state index is 13.6. The summed E-state index contributed by atoms with van der Waals surface area (Å²) in [7, 11) is 0. The van der Waals surface area contributed by atoms with E-state index in [4.69, 9.17) is 0 Å². The van der Waals surface area contributed by atoms with Crippen LogP contribution in [0.4, 0.5) is 4.39 Å². The highest BCUT2D eigenvalue weighted by molar-refractivity contribution is 5.94. The lowest BCUT2D eigenvalue weighted by molar-refractivity contribution is 0.0598. The fraction of sp³-hybridized carbons (Fsp3) is 0.562. The lowest BCUT2D eigenvalue weighted by Crippen LogP contribution is -2.44. The van der Waals surface area contributed by atoms with Gasteiger partial charge in [-0.1, -0.05) is 19.9 Å². The van der Waals surface area contributed by atoms with Crippen molar-refractivity contribution in [2.45, 2.75) is 59.5 Å². The van der Waals surface area contributed by atoms with Crippen molar-refractivity contribution in [2.75, 3.05) is 0 Å². The molecule has 0 aliphatic carbocycles. The third-order valence-corrected chi connectivity index (χ3v) is 3.78. The summed E-state index contributed by atoms with van der Waals surface area (Å²) in [6, 6.07) is 5.03. The predicted molar refractivity (Wildman–Crippen MR) is 76.8 cm³/mol. The summed E-state index contributed by atoms with van der Waals surface area (Å²) in [6.45, 7) is 9.89. The van der Waals surface area contributed by atoms with E-state index in [2.05, 4.69) is 13.8 Å². The van der Waals surface area contributed by atoms with Gasteiger partial charge < -0.3 is 4.90 Å². The Labute approximate surface area is 115 Å². The molecule has 1 amide bonds. The number of halogens is 1. The van der Waals surface area contributed by atoms with E-state index in [9.17, 15) is 9.18 Å². The molecule has 0 radical (unpaired) electrons. The summed E-state index contributed by atoms with van der Waals surface area (Å²) in [4.78, 5) is 14.4. The number of carbonyl (C=O) groups is 1. The van der Waals surface area contributed by atoms with E-state index < -0.39 is 0 Å². The van der Waals surface area contributed by atoms with Crippen LogP contribution in [0.1, 0.15) is 56.5 Å². The van der Waals surface area contributed by atoms with Crippen molar-refractivity contribution in [3.05, 3.63) is 35.1 Å². The van der Waals surface area contributed by atoms with Gasteiger partial charge in [-0.05, 0) is 51.3 Å². The van der Waals surface area contributed by atoms with Crippen LogP contribution in [0.25, 0.3) is 0 Å². The molecular weight excluding hydrogens is 241 g/mol. The first-order valence-electron chi connectivity index (χ1n) is 7.01. The first-order valence-corrected chi connectivity index (χ1v) is 7.01.